The summed E-state index contributed by atoms with van der Waals surface area (Å²) in [6.45, 7) is 3.93. The minimum atomic E-state index is -3.38. The Labute approximate surface area is 189 Å². The molecular formula is C20H27ClIN3O2S. The van der Waals surface area contributed by atoms with Crippen LogP contribution in [0, 0.1) is 0 Å². The SMILES string of the molecule is CCC(CS(=O)(=O)c1ccccc1)NC(=NC)NC(C)c1ccccc1Cl.I. The number of halogens is 2. The number of sulfone groups is 1. The number of nitrogens with zero attached hydrogens (tertiary/aromatic N) is 1. The van der Waals surface area contributed by atoms with Gasteiger partial charge in [-0.15, -0.1) is 24.0 Å². The van der Waals surface area contributed by atoms with Gasteiger partial charge in [-0.3, -0.25) is 4.99 Å². The molecule has 0 saturated carbocycles. The van der Waals surface area contributed by atoms with E-state index in [0.29, 0.717) is 22.3 Å². The van der Waals surface area contributed by atoms with Crippen LogP contribution in [0.1, 0.15) is 31.9 Å². The lowest BCUT2D eigenvalue weighted by Crippen LogP contribution is -2.46. The molecule has 0 aliphatic rings. The van der Waals surface area contributed by atoms with Crippen LogP contribution in [0.5, 0.6) is 0 Å². The van der Waals surface area contributed by atoms with E-state index in [0.717, 1.165) is 5.56 Å². The van der Waals surface area contributed by atoms with Crippen molar-refractivity contribution in [2.45, 2.75) is 37.2 Å². The molecule has 2 aromatic rings. The Morgan fingerprint density at radius 2 is 1.68 bits per heavy atom. The van der Waals surface area contributed by atoms with Crippen LogP contribution in [-0.2, 0) is 9.84 Å². The predicted octanol–water partition coefficient (Wildman–Crippen LogP) is 4.44. The van der Waals surface area contributed by atoms with Gasteiger partial charge in [-0.2, -0.15) is 0 Å². The standard InChI is InChI=1S/C20H26ClN3O2S.HI/c1-4-16(14-27(25,26)17-10-6-5-7-11-17)24-20(22-3)23-15(2)18-12-8-9-13-19(18)21;/h5-13,15-16H,4,14H2,1-3H3,(H2,22,23,24);1H. The van der Waals surface area contributed by atoms with Gasteiger partial charge in [-0.1, -0.05) is 54.9 Å². The van der Waals surface area contributed by atoms with Gasteiger partial charge in [0.05, 0.1) is 16.7 Å². The minimum Gasteiger partial charge on any atom is -0.353 e. The fourth-order valence-electron chi connectivity index (χ4n) is 2.72. The number of aliphatic imine (C=N–C) groups is 1. The van der Waals surface area contributed by atoms with Gasteiger partial charge in [-0.05, 0) is 37.1 Å². The number of hydrogen-bond donors (Lipinski definition) is 2. The fourth-order valence-corrected chi connectivity index (χ4v) is 4.64. The highest BCUT2D eigenvalue weighted by Gasteiger charge is 2.21. The second-order valence-electron chi connectivity index (χ2n) is 6.30. The second kappa shape index (κ2) is 11.6. The maximum Gasteiger partial charge on any atom is 0.191 e. The number of nitrogens with one attached hydrogen (secondary N) is 2. The quantitative estimate of drug-likeness (QED) is 0.313. The molecule has 2 N–H and O–H groups in total. The molecule has 8 heteroatoms. The Kier molecular flexibility index (Phi) is 10.3. The van der Waals surface area contributed by atoms with Crippen molar-refractivity contribution in [3.8, 4) is 0 Å². The molecule has 2 aromatic carbocycles. The van der Waals surface area contributed by atoms with Crippen LogP contribution in [0.3, 0.4) is 0 Å². The first kappa shape index (κ1) is 24.7. The summed E-state index contributed by atoms with van der Waals surface area (Å²) in [6.07, 6.45) is 0.646. The summed E-state index contributed by atoms with van der Waals surface area (Å²) in [5.74, 6) is 0.534. The molecule has 5 nitrogen and oxygen atoms in total. The van der Waals surface area contributed by atoms with Crippen molar-refractivity contribution in [1.82, 2.24) is 10.6 Å². The Morgan fingerprint density at radius 3 is 2.25 bits per heavy atom. The van der Waals surface area contributed by atoms with Gasteiger partial charge in [0.15, 0.2) is 15.8 Å². The van der Waals surface area contributed by atoms with Gasteiger partial charge in [-0.25, -0.2) is 8.42 Å². The summed E-state index contributed by atoms with van der Waals surface area (Å²) in [6, 6.07) is 15.8. The third kappa shape index (κ3) is 6.93. The van der Waals surface area contributed by atoms with E-state index in [-0.39, 0.29) is 41.8 Å². The van der Waals surface area contributed by atoms with Crippen LogP contribution < -0.4 is 10.6 Å². The monoisotopic (exact) mass is 535 g/mol. The van der Waals surface area contributed by atoms with E-state index in [2.05, 4.69) is 15.6 Å². The molecule has 2 unspecified atom stereocenters. The molecule has 0 aromatic heterocycles. The number of benzene rings is 2. The molecule has 0 aliphatic carbocycles. The first-order valence-electron chi connectivity index (χ1n) is 8.89. The normalized spacial score (nSPS) is 13.9. The largest absolute Gasteiger partial charge is 0.353 e. The lowest BCUT2D eigenvalue weighted by molar-refractivity contribution is 0.565. The van der Waals surface area contributed by atoms with Gasteiger partial charge in [0.1, 0.15) is 0 Å². The highest BCUT2D eigenvalue weighted by molar-refractivity contribution is 14.0. The molecule has 0 aliphatic heterocycles. The van der Waals surface area contributed by atoms with Crippen molar-refractivity contribution in [2.75, 3.05) is 12.8 Å². The van der Waals surface area contributed by atoms with E-state index in [1.807, 2.05) is 38.1 Å². The Morgan fingerprint density at radius 1 is 1.07 bits per heavy atom. The van der Waals surface area contributed by atoms with Gasteiger partial charge in [0, 0.05) is 18.1 Å². The maximum absolute atomic E-state index is 12.6. The van der Waals surface area contributed by atoms with Gasteiger partial charge in [0.25, 0.3) is 0 Å². The lowest BCUT2D eigenvalue weighted by atomic mass is 10.1. The highest BCUT2D eigenvalue weighted by Crippen LogP contribution is 2.22. The Bertz CT molecular complexity index is 876. The predicted molar refractivity (Wildman–Crippen MR) is 127 cm³/mol. The van der Waals surface area contributed by atoms with E-state index >= 15 is 0 Å². The van der Waals surface area contributed by atoms with E-state index < -0.39 is 9.84 Å². The smallest absolute Gasteiger partial charge is 0.191 e. The molecule has 2 rings (SSSR count). The van der Waals surface area contributed by atoms with E-state index in [1.54, 1.807) is 37.4 Å². The molecule has 28 heavy (non-hydrogen) atoms. The molecule has 0 fully saturated rings. The van der Waals surface area contributed by atoms with Crippen molar-refractivity contribution >= 4 is 51.4 Å². The maximum atomic E-state index is 12.6. The molecular weight excluding hydrogens is 509 g/mol. The van der Waals surface area contributed by atoms with Crippen LogP contribution in [-0.4, -0.2) is 33.2 Å². The van der Waals surface area contributed by atoms with Crippen LogP contribution in [0.15, 0.2) is 64.5 Å². The first-order chi connectivity index (χ1) is 12.9. The number of rotatable bonds is 7. The molecule has 154 valence electrons. The number of guanidine groups is 1. The molecule has 0 heterocycles. The van der Waals surface area contributed by atoms with Gasteiger partial charge >= 0.3 is 0 Å². The van der Waals surface area contributed by atoms with Crippen LogP contribution in [0.4, 0.5) is 0 Å². The third-order valence-electron chi connectivity index (χ3n) is 4.31. The Balaban J connectivity index is 0.00000392. The summed E-state index contributed by atoms with van der Waals surface area (Å²) in [5, 5.41) is 7.16. The highest BCUT2D eigenvalue weighted by atomic mass is 127. The van der Waals surface area contributed by atoms with Crippen molar-refractivity contribution in [3.05, 3.63) is 65.2 Å². The zero-order valence-electron chi connectivity index (χ0n) is 16.2. The van der Waals surface area contributed by atoms with Crippen molar-refractivity contribution in [2.24, 2.45) is 4.99 Å². The third-order valence-corrected chi connectivity index (χ3v) is 6.48. The topological polar surface area (TPSA) is 70.6 Å². The molecule has 0 saturated heterocycles. The number of hydrogen-bond acceptors (Lipinski definition) is 3. The average molecular weight is 536 g/mol. The van der Waals surface area contributed by atoms with E-state index in [1.165, 1.54) is 0 Å². The van der Waals surface area contributed by atoms with Crippen molar-refractivity contribution in [3.63, 3.8) is 0 Å². The molecule has 0 radical (unpaired) electrons. The zero-order chi connectivity index (χ0) is 19.9. The minimum absolute atomic E-state index is 0. The molecule has 0 bridgehead atoms. The summed E-state index contributed by atoms with van der Waals surface area (Å²) < 4.78 is 25.3. The summed E-state index contributed by atoms with van der Waals surface area (Å²) >= 11 is 6.25. The van der Waals surface area contributed by atoms with Gasteiger partial charge in [0.2, 0.25) is 0 Å². The summed E-state index contributed by atoms with van der Waals surface area (Å²) in [7, 11) is -1.72. The zero-order valence-corrected chi connectivity index (χ0v) is 20.1. The molecule has 2 atom stereocenters. The van der Waals surface area contributed by atoms with Crippen LogP contribution in [0.25, 0.3) is 0 Å². The summed E-state index contributed by atoms with van der Waals surface area (Å²) in [4.78, 5) is 4.56. The molecule has 0 spiro atoms. The Hall–Kier alpha value is -1.32. The van der Waals surface area contributed by atoms with Crippen molar-refractivity contribution < 1.29 is 8.42 Å². The van der Waals surface area contributed by atoms with E-state index in [9.17, 15) is 8.42 Å². The fraction of sp³-hybridized carbons (Fsp3) is 0.350. The van der Waals surface area contributed by atoms with Crippen LogP contribution in [0.2, 0.25) is 5.02 Å². The van der Waals surface area contributed by atoms with Crippen LogP contribution >= 0.6 is 35.6 Å². The second-order valence-corrected chi connectivity index (χ2v) is 8.75. The average Bonchev–Trinajstić information content (AvgIpc) is 2.67. The van der Waals surface area contributed by atoms with Gasteiger partial charge < -0.3 is 10.6 Å². The first-order valence-corrected chi connectivity index (χ1v) is 10.9. The lowest BCUT2D eigenvalue weighted by Gasteiger charge is -2.23. The molecule has 0 amide bonds. The summed E-state index contributed by atoms with van der Waals surface area (Å²) in [5.41, 5.74) is 0.951. The van der Waals surface area contributed by atoms with Crippen molar-refractivity contribution in [1.29, 1.82) is 0 Å². The van der Waals surface area contributed by atoms with E-state index in [4.69, 9.17) is 11.6 Å².